The number of rotatable bonds is 6. The molecule has 0 radical (unpaired) electrons. The highest BCUT2D eigenvalue weighted by molar-refractivity contribution is 5.84. The SMILES string of the molecule is Cc1cc(=O)n(CC(=O)N2CC[C@H](N(C)C)[C@H](CCC(=O)O)C2)c2ccccc12. The van der Waals surface area contributed by atoms with Crippen molar-refractivity contribution in [2.24, 2.45) is 5.92 Å². The molecule has 1 N–H and O–H groups in total. The van der Waals surface area contributed by atoms with Crippen LogP contribution in [0.1, 0.15) is 24.8 Å². The molecule has 1 amide bonds. The molecule has 7 nitrogen and oxygen atoms in total. The van der Waals surface area contributed by atoms with E-state index in [9.17, 15) is 14.4 Å². The second-order valence-corrected chi connectivity index (χ2v) is 8.12. The number of piperidine rings is 1. The lowest BCUT2D eigenvalue weighted by Crippen LogP contribution is -2.51. The fourth-order valence-corrected chi connectivity index (χ4v) is 4.42. The Morgan fingerprint density at radius 1 is 1.24 bits per heavy atom. The van der Waals surface area contributed by atoms with Crippen LogP contribution in [0.3, 0.4) is 0 Å². The fourth-order valence-electron chi connectivity index (χ4n) is 4.42. The number of fused-ring (bicyclic) bond motifs is 1. The van der Waals surface area contributed by atoms with Crippen LogP contribution < -0.4 is 5.56 Å². The van der Waals surface area contributed by atoms with Gasteiger partial charge in [-0.05, 0) is 51.4 Å². The summed E-state index contributed by atoms with van der Waals surface area (Å²) in [4.78, 5) is 40.6. The molecule has 1 saturated heterocycles. The van der Waals surface area contributed by atoms with E-state index in [1.54, 1.807) is 11.0 Å². The van der Waals surface area contributed by atoms with Gasteiger partial charge in [0.15, 0.2) is 0 Å². The summed E-state index contributed by atoms with van der Waals surface area (Å²) in [6, 6.07) is 9.43. The number of aryl methyl sites for hydroxylation is 1. The lowest BCUT2D eigenvalue weighted by molar-refractivity contribution is -0.137. The minimum Gasteiger partial charge on any atom is -0.481 e. The Hall–Kier alpha value is -2.67. The standard InChI is InChI=1S/C22H29N3O4/c1-15-12-20(26)25(19-7-5-4-6-17(15)19)14-21(27)24-11-10-18(23(2)3)16(13-24)8-9-22(28)29/h4-7,12,16,18H,8-11,13-14H2,1-3H3,(H,28,29)/t16-,18+/m1/s1. The molecule has 0 saturated carbocycles. The topological polar surface area (TPSA) is 82.9 Å². The maximum absolute atomic E-state index is 13.0. The number of benzene rings is 1. The largest absolute Gasteiger partial charge is 0.481 e. The van der Waals surface area contributed by atoms with E-state index >= 15 is 0 Å². The third-order valence-corrected chi connectivity index (χ3v) is 5.96. The van der Waals surface area contributed by atoms with Gasteiger partial charge in [-0.2, -0.15) is 0 Å². The van der Waals surface area contributed by atoms with Gasteiger partial charge in [-0.1, -0.05) is 18.2 Å². The minimum absolute atomic E-state index is 0.00208. The van der Waals surface area contributed by atoms with Crippen molar-refractivity contribution in [3.8, 4) is 0 Å². The van der Waals surface area contributed by atoms with Gasteiger partial charge >= 0.3 is 5.97 Å². The predicted octanol–water partition coefficient (Wildman–Crippen LogP) is 1.95. The van der Waals surface area contributed by atoms with E-state index in [0.717, 1.165) is 22.9 Å². The van der Waals surface area contributed by atoms with Crippen molar-refractivity contribution >= 4 is 22.8 Å². The molecule has 1 fully saturated rings. The summed E-state index contributed by atoms with van der Waals surface area (Å²) in [5.41, 5.74) is 1.48. The Kier molecular flexibility index (Phi) is 6.37. The number of pyridine rings is 1. The molecule has 2 heterocycles. The summed E-state index contributed by atoms with van der Waals surface area (Å²) >= 11 is 0. The minimum atomic E-state index is -0.816. The van der Waals surface area contributed by atoms with Gasteiger partial charge in [0.1, 0.15) is 6.54 Å². The van der Waals surface area contributed by atoms with Crippen LogP contribution in [0.5, 0.6) is 0 Å². The first-order valence-corrected chi connectivity index (χ1v) is 10.0. The maximum Gasteiger partial charge on any atom is 0.303 e. The van der Waals surface area contributed by atoms with E-state index in [2.05, 4.69) is 4.90 Å². The summed E-state index contributed by atoms with van der Waals surface area (Å²) in [6.45, 7) is 3.03. The van der Waals surface area contributed by atoms with E-state index in [1.807, 2.05) is 45.3 Å². The lowest BCUT2D eigenvalue weighted by Gasteiger charge is -2.41. The number of carboxylic acid groups (broad SMARTS) is 1. The highest BCUT2D eigenvalue weighted by Crippen LogP contribution is 2.25. The number of amides is 1. The van der Waals surface area contributed by atoms with E-state index in [1.165, 1.54) is 4.57 Å². The fraction of sp³-hybridized carbons (Fsp3) is 0.500. The van der Waals surface area contributed by atoms with Crippen molar-refractivity contribution in [1.82, 2.24) is 14.4 Å². The smallest absolute Gasteiger partial charge is 0.303 e. The molecular formula is C22H29N3O4. The van der Waals surface area contributed by atoms with Crippen LogP contribution in [-0.2, 0) is 16.1 Å². The first kappa shape index (κ1) is 21.0. The molecule has 1 aromatic heterocycles. The molecule has 3 rings (SSSR count). The Balaban J connectivity index is 1.80. The molecule has 7 heteroatoms. The predicted molar refractivity (Wildman–Crippen MR) is 112 cm³/mol. The number of likely N-dealkylation sites (tertiary alicyclic amines) is 1. The summed E-state index contributed by atoms with van der Waals surface area (Å²) < 4.78 is 1.54. The molecule has 0 spiro atoms. The molecule has 29 heavy (non-hydrogen) atoms. The Morgan fingerprint density at radius 3 is 2.66 bits per heavy atom. The van der Waals surface area contributed by atoms with Crippen molar-refractivity contribution in [3.05, 3.63) is 46.2 Å². The zero-order valence-corrected chi connectivity index (χ0v) is 17.3. The van der Waals surface area contributed by atoms with Gasteiger partial charge in [0, 0.05) is 37.0 Å². The number of carboxylic acids is 1. The Bertz CT molecular complexity index is 966. The van der Waals surface area contributed by atoms with Gasteiger partial charge in [-0.3, -0.25) is 19.0 Å². The number of aromatic nitrogens is 1. The first-order valence-electron chi connectivity index (χ1n) is 10.0. The average Bonchev–Trinajstić information content (AvgIpc) is 2.69. The van der Waals surface area contributed by atoms with Crippen LogP contribution in [0.4, 0.5) is 0 Å². The Labute approximate surface area is 170 Å². The lowest BCUT2D eigenvalue weighted by atomic mass is 9.87. The number of carbonyl (C=O) groups excluding carboxylic acids is 1. The second kappa shape index (κ2) is 8.78. The summed E-state index contributed by atoms with van der Waals surface area (Å²) in [6.07, 6.45) is 1.43. The summed E-state index contributed by atoms with van der Waals surface area (Å²) in [5, 5.41) is 10.0. The average molecular weight is 399 g/mol. The monoisotopic (exact) mass is 399 g/mol. The van der Waals surface area contributed by atoms with Crippen LogP contribution in [0.15, 0.2) is 35.1 Å². The van der Waals surface area contributed by atoms with Crippen molar-refractivity contribution in [3.63, 3.8) is 0 Å². The summed E-state index contributed by atoms with van der Waals surface area (Å²) in [5.74, 6) is -0.812. The number of hydrogen-bond acceptors (Lipinski definition) is 4. The quantitative estimate of drug-likeness (QED) is 0.803. The number of carbonyl (C=O) groups is 2. The molecule has 2 atom stereocenters. The normalized spacial score (nSPS) is 19.7. The molecule has 0 unspecified atom stereocenters. The zero-order chi connectivity index (χ0) is 21.1. The van der Waals surface area contributed by atoms with Gasteiger partial charge in [-0.15, -0.1) is 0 Å². The van der Waals surface area contributed by atoms with Crippen LogP contribution in [-0.4, -0.2) is 64.6 Å². The molecule has 0 bridgehead atoms. The third kappa shape index (κ3) is 4.67. The number of nitrogens with zero attached hydrogens (tertiary/aromatic N) is 3. The third-order valence-electron chi connectivity index (χ3n) is 5.96. The molecule has 2 aromatic rings. The van der Waals surface area contributed by atoms with Crippen molar-refractivity contribution in [1.29, 1.82) is 0 Å². The number of hydrogen-bond donors (Lipinski definition) is 1. The first-order chi connectivity index (χ1) is 13.8. The van der Waals surface area contributed by atoms with Gasteiger partial charge in [-0.25, -0.2) is 0 Å². The van der Waals surface area contributed by atoms with E-state index in [4.69, 9.17) is 5.11 Å². The zero-order valence-electron chi connectivity index (χ0n) is 17.3. The summed E-state index contributed by atoms with van der Waals surface area (Å²) in [7, 11) is 3.99. The second-order valence-electron chi connectivity index (χ2n) is 8.12. The van der Waals surface area contributed by atoms with Gasteiger partial charge in [0.05, 0.1) is 5.52 Å². The van der Waals surface area contributed by atoms with Crippen molar-refractivity contribution in [2.75, 3.05) is 27.2 Å². The van der Waals surface area contributed by atoms with Crippen molar-refractivity contribution in [2.45, 2.75) is 38.8 Å². The van der Waals surface area contributed by atoms with Crippen LogP contribution in [0.25, 0.3) is 10.9 Å². The number of para-hydroxylation sites is 1. The highest BCUT2D eigenvalue weighted by atomic mass is 16.4. The van der Waals surface area contributed by atoms with Crippen LogP contribution in [0, 0.1) is 12.8 Å². The Morgan fingerprint density at radius 2 is 1.97 bits per heavy atom. The van der Waals surface area contributed by atoms with E-state index in [0.29, 0.717) is 19.5 Å². The highest BCUT2D eigenvalue weighted by Gasteiger charge is 2.33. The van der Waals surface area contributed by atoms with Gasteiger partial charge in [0.25, 0.3) is 5.56 Å². The molecule has 1 aromatic carbocycles. The van der Waals surface area contributed by atoms with E-state index in [-0.39, 0.29) is 36.4 Å². The van der Waals surface area contributed by atoms with Gasteiger partial charge in [0.2, 0.25) is 5.91 Å². The maximum atomic E-state index is 13.0. The molecule has 0 aliphatic carbocycles. The van der Waals surface area contributed by atoms with Gasteiger partial charge < -0.3 is 14.9 Å². The van der Waals surface area contributed by atoms with Crippen molar-refractivity contribution < 1.29 is 14.7 Å². The molecule has 1 aliphatic rings. The van der Waals surface area contributed by atoms with Crippen LogP contribution in [0.2, 0.25) is 0 Å². The van der Waals surface area contributed by atoms with E-state index < -0.39 is 5.97 Å². The number of aliphatic carboxylic acids is 1. The molecule has 1 aliphatic heterocycles. The molecule has 156 valence electrons. The molecular weight excluding hydrogens is 370 g/mol. The van der Waals surface area contributed by atoms with Crippen LogP contribution >= 0.6 is 0 Å².